The molecule has 0 aliphatic carbocycles. The zero-order chi connectivity index (χ0) is 12.4. The summed E-state index contributed by atoms with van der Waals surface area (Å²) in [6, 6.07) is 1.97. The van der Waals surface area contributed by atoms with E-state index in [4.69, 9.17) is 0 Å². The Morgan fingerprint density at radius 1 is 1.24 bits per heavy atom. The Kier molecular flexibility index (Phi) is 3.50. The molecule has 1 aliphatic rings. The molecule has 4 nitrogen and oxygen atoms in total. The lowest BCUT2D eigenvalue weighted by molar-refractivity contribution is 0.353. The first-order valence-corrected chi connectivity index (χ1v) is 6.37. The molecule has 0 radical (unpaired) electrons. The van der Waals surface area contributed by atoms with Crippen molar-refractivity contribution in [2.24, 2.45) is 11.8 Å². The Morgan fingerprint density at radius 2 is 1.88 bits per heavy atom. The van der Waals surface area contributed by atoms with Gasteiger partial charge in [-0.2, -0.15) is 4.98 Å². The SMILES string of the molecule is CNc1cc(C)nc(N2C[C@@H](C)C[C@H](C)C2)n1. The number of hydrogen-bond acceptors (Lipinski definition) is 4. The van der Waals surface area contributed by atoms with Gasteiger partial charge >= 0.3 is 0 Å². The summed E-state index contributed by atoms with van der Waals surface area (Å²) in [4.78, 5) is 11.4. The van der Waals surface area contributed by atoms with Gasteiger partial charge in [0.25, 0.3) is 0 Å². The first-order chi connectivity index (χ1) is 8.08. The fourth-order valence-corrected chi connectivity index (χ4v) is 2.65. The van der Waals surface area contributed by atoms with Crippen LogP contribution < -0.4 is 10.2 Å². The average molecular weight is 234 g/mol. The van der Waals surface area contributed by atoms with Crippen LogP contribution in [-0.4, -0.2) is 30.1 Å². The van der Waals surface area contributed by atoms with Crippen molar-refractivity contribution in [2.75, 3.05) is 30.4 Å². The van der Waals surface area contributed by atoms with Crippen LogP contribution in [0.15, 0.2) is 6.07 Å². The van der Waals surface area contributed by atoms with E-state index in [1.54, 1.807) is 0 Å². The predicted molar refractivity (Wildman–Crippen MR) is 71.5 cm³/mol. The van der Waals surface area contributed by atoms with Crippen LogP contribution in [0.2, 0.25) is 0 Å². The minimum Gasteiger partial charge on any atom is -0.373 e. The van der Waals surface area contributed by atoms with Crippen LogP contribution in [0.5, 0.6) is 0 Å². The van der Waals surface area contributed by atoms with E-state index in [-0.39, 0.29) is 0 Å². The standard InChI is InChI=1S/C13H22N4/c1-9-5-10(2)8-17(7-9)13-15-11(3)6-12(14-4)16-13/h6,9-10H,5,7-8H2,1-4H3,(H,14,15,16)/t9-,10-/m0/s1. The number of aromatic nitrogens is 2. The summed E-state index contributed by atoms with van der Waals surface area (Å²) in [6.07, 6.45) is 1.31. The third-order valence-electron chi connectivity index (χ3n) is 3.25. The minimum atomic E-state index is 0.723. The highest BCUT2D eigenvalue weighted by Gasteiger charge is 2.23. The van der Waals surface area contributed by atoms with Gasteiger partial charge in [0.05, 0.1) is 0 Å². The van der Waals surface area contributed by atoms with Crippen LogP contribution in [0.4, 0.5) is 11.8 Å². The lowest BCUT2D eigenvalue weighted by atomic mass is 9.92. The smallest absolute Gasteiger partial charge is 0.227 e. The molecule has 0 saturated carbocycles. The zero-order valence-electron chi connectivity index (χ0n) is 11.2. The molecule has 4 heteroatoms. The fraction of sp³-hybridized carbons (Fsp3) is 0.692. The van der Waals surface area contributed by atoms with Gasteiger partial charge in [-0.05, 0) is 25.2 Å². The second kappa shape index (κ2) is 4.90. The van der Waals surface area contributed by atoms with Crippen molar-refractivity contribution in [1.82, 2.24) is 9.97 Å². The topological polar surface area (TPSA) is 41.1 Å². The van der Waals surface area contributed by atoms with Crippen molar-refractivity contribution >= 4 is 11.8 Å². The van der Waals surface area contributed by atoms with Crippen LogP contribution in [0.1, 0.15) is 26.0 Å². The van der Waals surface area contributed by atoms with E-state index in [9.17, 15) is 0 Å². The Bertz CT molecular complexity index is 381. The predicted octanol–water partition coefficient (Wildman–Crippen LogP) is 2.31. The molecule has 1 aromatic heterocycles. The molecule has 1 saturated heterocycles. The molecule has 0 spiro atoms. The maximum absolute atomic E-state index is 4.55. The van der Waals surface area contributed by atoms with Gasteiger partial charge in [-0.1, -0.05) is 13.8 Å². The van der Waals surface area contributed by atoms with E-state index in [1.807, 2.05) is 20.0 Å². The summed E-state index contributed by atoms with van der Waals surface area (Å²) in [6.45, 7) is 8.76. The molecular weight excluding hydrogens is 212 g/mol. The van der Waals surface area contributed by atoms with Crippen molar-refractivity contribution in [3.8, 4) is 0 Å². The Labute approximate surface area is 103 Å². The highest BCUT2D eigenvalue weighted by Crippen LogP contribution is 2.24. The largest absolute Gasteiger partial charge is 0.373 e. The Balaban J connectivity index is 2.23. The number of aryl methyl sites for hydroxylation is 1. The highest BCUT2D eigenvalue weighted by atomic mass is 15.3. The maximum Gasteiger partial charge on any atom is 0.227 e. The summed E-state index contributed by atoms with van der Waals surface area (Å²) >= 11 is 0. The fourth-order valence-electron chi connectivity index (χ4n) is 2.65. The average Bonchev–Trinajstić information content (AvgIpc) is 2.26. The van der Waals surface area contributed by atoms with Crippen LogP contribution in [0.3, 0.4) is 0 Å². The van der Waals surface area contributed by atoms with E-state index < -0.39 is 0 Å². The maximum atomic E-state index is 4.55. The molecule has 1 aromatic rings. The molecular formula is C13H22N4. The van der Waals surface area contributed by atoms with Gasteiger partial charge in [0, 0.05) is 31.9 Å². The van der Waals surface area contributed by atoms with Gasteiger partial charge < -0.3 is 10.2 Å². The quantitative estimate of drug-likeness (QED) is 0.852. The van der Waals surface area contributed by atoms with Crippen molar-refractivity contribution in [2.45, 2.75) is 27.2 Å². The molecule has 94 valence electrons. The van der Waals surface area contributed by atoms with Gasteiger partial charge in [0.2, 0.25) is 5.95 Å². The first kappa shape index (κ1) is 12.1. The van der Waals surface area contributed by atoms with Gasteiger partial charge in [-0.3, -0.25) is 0 Å². The molecule has 2 atom stereocenters. The van der Waals surface area contributed by atoms with E-state index in [0.717, 1.165) is 42.4 Å². The van der Waals surface area contributed by atoms with Crippen molar-refractivity contribution in [3.05, 3.63) is 11.8 Å². The number of anilines is 2. The zero-order valence-corrected chi connectivity index (χ0v) is 11.2. The second-order valence-electron chi connectivity index (χ2n) is 5.30. The molecule has 0 aromatic carbocycles. The lowest BCUT2D eigenvalue weighted by Gasteiger charge is -2.35. The highest BCUT2D eigenvalue weighted by molar-refractivity contribution is 5.43. The third kappa shape index (κ3) is 2.87. The van der Waals surface area contributed by atoms with Crippen molar-refractivity contribution in [3.63, 3.8) is 0 Å². The summed E-state index contributed by atoms with van der Waals surface area (Å²) in [5, 5.41) is 3.09. The number of rotatable bonds is 2. The summed E-state index contributed by atoms with van der Waals surface area (Å²) < 4.78 is 0. The second-order valence-corrected chi connectivity index (χ2v) is 5.30. The van der Waals surface area contributed by atoms with E-state index >= 15 is 0 Å². The Hall–Kier alpha value is -1.32. The molecule has 17 heavy (non-hydrogen) atoms. The van der Waals surface area contributed by atoms with Gasteiger partial charge in [0.15, 0.2) is 0 Å². The molecule has 2 heterocycles. The normalized spacial score (nSPS) is 24.8. The van der Waals surface area contributed by atoms with Crippen LogP contribution >= 0.6 is 0 Å². The van der Waals surface area contributed by atoms with Crippen LogP contribution in [0, 0.1) is 18.8 Å². The summed E-state index contributed by atoms with van der Waals surface area (Å²) in [5.41, 5.74) is 1.02. The first-order valence-electron chi connectivity index (χ1n) is 6.37. The summed E-state index contributed by atoms with van der Waals surface area (Å²) in [5.74, 6) is 3.22. The Morgan fingerprint density at radius 3 is 2.47 bits per heavy atom. The molecule has 1 aliphatic heterocycles. The number of nitrogens with one attached hydrogen (secondary N) is 1. The number of hydrogen-bond donors (Lipinski definition) is 1. The molecule has 1 N–H and O–H groups in total. The van der Waals surface area contributed by atoms with E-state index in [2.05, 4.69) is 34.0 Å². The third-order valence-corrected chi connectivity index (χ3v) is 3.25. The van der Waals surface area contributed by atoms with Crippen molar-refractivity contribution < 1.29 is 0 Å². The number of nitrogens with zero attached hydrogens (tertiary/aromatic N) is 3. The summed E-state index contributed by atoms with van der Waals surface area (Å²) in [7, 11) is 1.90. The molecule has 0 bridgehead atoms. The van der Waals surface area contributed by atoms with Crippen LogP contribution in [0.25, 0.3) is 0 Å². The van der Waals surface area contributed by atoms with Gasteiger partial charge in [-0.25, -0.2) is 4.98 Å². The molecule has 0 unspecified atom stereocenters. The monoisotopic (exact) mass is 234 g/mol. The van der Waals surface area contributed by atoms with E-state index in [0.29, 0.717) is 0 Å². The van der Waals surface area contributed by atoms with Crippen LogP contribution in [-0.2, 0) is 0 Å². The number of piperidine rings is 1. The molecule has 2 rings (SSSR count). The van der Waals surface area contributed by atoms with Crippen molar-refractivity contribution in [1.29, 1.82) is 0 Å². The van der Waals surface area contributed by atoms with Gasteiger partial charge in [-0.15, -0.1) is 0 Å². The lowest BCUT2D eigenvalue weighted by Crippen LogP contribution is -2.39. The molecule has 0 amide bonds. The van der Waals surface area contributed by atoms with E-state index in [1.165, 1.54) is 6.42 Å². The molecule has 1 fully saturated rings. The minimum absolute atomic E-state index is 0.723. The van der Waals surface area contributed by atoms with Gasteiger partial charge in [0.1, 0.15) is 5.82 Å².